The van der Waals surface area contributed by atoms with Crippen LogP contribution >= 0.6 is 0 Å². The first-order valence-electron chi connectivity index (χ1n) is 7.27. The zero-order valence-corrected chi connectivity index (χ0v) is 11.7. The van der Waals surface area contributed by atoms with E-state index < -0.39 is 0 Å². The first kappa shape index (κ1) is 13.8. The lowest BCUT2D eigenvalue weighted by atomic mass is 9.93. The highest BCUT2D eigenvalue weighted by atomic mass is 16.1. The molecule has 2 unspecified atom stereocenters. The number of carbonyl (C=O) groups is 1. The van der Waals surface area contributed by atoms with E-state index in [9.17, 15) is 4.79 Å². The van der Waals surface area contributed by atoms with E-state index in [0.717, 1.165) is 32.2 Å². The molecule has 1 aliphatic carbocycles. The third kappa shape index (κ3) is 3.45. The Morgan fingerprint density at radius 2 is 2.11 bits per heavy atom. The molecule has 0 aromatic rings. The van der Waals surface area contributed by atoms with Crippen LogP contribution in [0.5, 0.6) is 0 Å². The number of nitrogens with one attached hydrogen (secondary N) is 1. The molecule has 2 fully saturated rings. The molecule has 2 atom stereocenters. The summed E-state index contributed by atoms with van der Waals surface area (Å²) in [6, 6.07) is 0.899. The van der Waals surface area contributed by atoms with Crippen molar-refractivity contribution < 1.29 is 4.79 Å². The molecule has 2 aliphatic rings. The van der Waals surface area contributed by atoms with Gasteiger partial charge in [-0.25, -0.2) is 0 Å². The fraction of sp³-hybridized carbons (Fsp3) is 0.929. The van der Waals surface area contributed by atoms with Gasteiger partial charge in [0.1, 0.15) is 0 Å². The maximum absolute atomic E-state index is 12.1. The van der Waals surface area contributed by atoms with E-state index in [1.807, 2.05) is 0 Å². The molecule has 0 aromatic carbocycles. The average molecular weight is 253 g/mol. The van der Waals surface area contributed by atoms with Crippen molar-refractivity contribution in [2.75, 3.05) is 13.6 Å². The lowest BCUT2D eigenvalue weighted by molar-refractivity contribution is -0.123. The van der Waals surface area contributed by atoms with Crippen LogP contribution in [0.1, 0.15) is 51.9 Å². The van der Waals surface area contributed by atoms with Crippen molar-refractivity contribution in [3.8, 4) is 0 Å². The zero-order chi connectivity index (χ0) is 13.2. The van der Waals surface area contributed by atoms with Gasteiger partial charge in [-0.05, 0) is 39.7 Å². The summed E-state index contributed by atoms with van der Waals surface area (Å²) < 4.78 is 0. The van der Waals surface area contributed by atoms with E-state index in [1.165, 1.54) is 12.8 Å². The van der Waals surface area contributed by atoms with Crippen LogP contribution in [0.2, 0.25) is 0 Å². The molecule has 4 nitrogen and oxygen atoms in total. The number of nitrogens with zero attached hydrogens (tertiary/aromatic N) is 1. The Hall–Kier alpha value is -0.610. The van der Waals surface area contributed by atoms with E-state index >= 15 is 0 Å². The number of hydrogen-bond acceptors (Lipinski definition) is 3. The van der Waals surface area contributed by atoms with Crippen molar-refractivity contribution in [2.24, 2.45) is 5.73 Å². The summed E-state index contributed by atoms with van der Waals surface area (Å²) in [4.78, 5) is 14.4. The number of likely N-dealkylation sites (tertiary alicyclic amines) is 1. The number of nitrogens with two attached hydrogens (primary N) is 1. The Kier molecular flexibility index (Phi) is 4.28. The molecule has 0 spiro atoms. The van der Waals surface area contributed by atoms with Gasteiger partial charge in [-0.1, -0.05) is 12.8 Å². The van der Waals surface area contributed by atoms with Gasteiger partial charge in [0.15, 0.2) is 0 Å². The highest BCUT2D eigenvalue weighted by Gasteiger charge is 2.32. The summed E-state index contributed by atoms with van der Waals surface area (Å²) in [6.45, 7) is 3.29. The summed E-state index contributed by atoms with van der Waals surface area (Å²) in [6.07, 6.45) is 6.98. The second kappa shape index (κ2) is 5.57. The first-order valence-corrected chi connectivity index (χ1v) is 7.27. The minimum atomic E-state index is -0.221. The van der Waals surface area contributed by atoms with E-state index in [1.54, 1.807) is 0 Å². The van der Waals surface area contributed by atoms with Crippen LogP contribution in [-0.4, -0.2) is 42.0 Å². The standard InChI is InChI=1S/C14H27N3O/c1-11-9-12(5-8-17(11)2)16-13(18)10-14(15)6-3-4-7-14/h11-12H,3-10,15H2,1-2H3,(H,16,18). The molecule has 18 heavy (non-hydrogen) atoms. The fourth-order valence-corrected chi connectivity index (χ4v) is 3.27. The second-order valence-electron chi connectivity index (χ2n) is 6.36. The minimum absolute atomic E-state index is 0.154. The van der Waals surface area contributed by atoms with Gasteiger partial charge in [0, 0.05) is 30.6 Å². The SMILES string of the molecule is CC1CC(NC(=O)CC2(N)CCCC2)CCN1C. The maximum atomic E-state index is 12.1. The Labute approximate surface area is 110 Å². The van der Waals surface area contributed by atoms with Crippen LogP contribution in [0, 0.1) is 0 Å². The number of carbonyl (C=O) groups excluding carboxylic acids is 1. The largest absolute Gasteiger partial charge is 0.353 e. The van der Waals surface area contributed by atoms with Crippen molar-refractivity contribution in [2.45, 2.75) is 69.5 Å². The summed E-state index contributed by atoms with van der Waals surface area (Å²) >= 11 is 0. The Morgan fingerprint density at radius 3 is 2.72 bits per heavy atom. The zero-order valence-electron chi connectivity index (χ0n) is 11.7. The topological polar surface area (TPSA) is 58.4 Å². The number of amides is 1. The number of hydrogen-bond donors (Lipinski definition) is 2. The Balaban J connectivity index is 1.77. The van der Waals surface area contributed by atoms with Gasteiger partial charge in [-0.15, -0.1) is 0 Å². The molecule has 0 aromatic heterocycles. The molecule has 0 radical (unpaired) electrons. The van der Waals surface area contributed by atoms with Gasteiger partial charge in [-0.2, -0.15) is 0 Å². The van der Waals surface area contributed by atoms with Crippen molar-refractivity contribution in [1.29, 1.82) is 0 Å². The molecule has 1 aliphatic heterocycles. The smallest absolute Gasteiger partial charge is 0.222 e. The summed E-state index contributed by atoms with van der Waals surface area (Å²) in [5, 5.41) is 3.18. The predicted molar refractivity (Wildman–Crippen MR) is 73.3 cm³/mol. The Morgan fingerprint density at radius 1 is 1.44 bits per heavy atom. The van der Waals surface area contributed by atoms with Gasteiger partial charge >= 0.3 is 0 Å². The van der Waals surface area contributed by atoms with Crippen LogP contribution < -0.4 is 11.1 Å². The molecule has 0 bridgehead atoms. The summed E-state index contributed by atoms with van der Waals surface area (Å²) in [7, 11) is 2.15. The van der Waals surface area contributed by atoms with Crippen LogP contribution in [0.3, 0.4) is 0 Å². The molecule has 1 heterocycles. The lowest BCUT2D eigenvalue weighted by Gasteiger charge is -2.35. The third-order valence-corrected chi connectivity index (χ3v) is 4.69. The lowest BCUT2D eigenvalue weighted by Crippen LogP contribution is -2.49. The van der Waals surface area contributed by atoms with Gasteiger partial charge in [-0.3, -0.25) is 4.79 Å². The van der Waals surface area contributed by atoms with Gasteiger partial charge in [0.05, 0.1) is 0 Å². The van der Waals surface area contributed by atoms with Crippen LogP contribution in [0.15, 0.2) is 0 Å². The Bertz CT molecular complexity index is 299. The number of rotatable bonds is 3. The highest BCUT2D eigenvalue weighted by Crippen LogP contribution is 2.30. The van der Waals surface area contributed by atoms with Crippen molar-refractivity contribution in [1.82, 2.24) is 10.2 Å². The van der Waals surface area contributed by atoms with Gasteiger partial charge < -0.3 is 16.0 Å². The van der Waals surface area contributed by atoms with E-state index in [-0.39, 0.29) is 11.4 Å². The predicted octanol–water partition coefficient (Wildman–Crippen LogP) is 1.25. The van der Waals surface area contributed by atoms with Crippen LogP contribution in [0.25, 0.3) is 0 Å². The first-order chi connectivity index (χ1) is 8.48. The molecule has 1 saturated carbocycles. The third-order valence-electron chi connectivity index (χ3n) is 4.69. The molecule has 3 N–H and O–H groups in total. The van der Waals surface area contributed by atoms with Crippen LogP contribution in [-0.2, 0) is 4.79 Å². The average Bonchev–Trinajstić information content (AvgIpc) is 2.70. The molecule has 1 amide bonds. The summed E-state index contributed by atoms with van der Waals surface area (Å²) in [5.74, 6) is 0.154. The molecule has 104 valence electrons. The van der Waals surface area contributed by atoms with E-state index in [0.29, 0.717) is 18.5 Å². The van der Waals surface area contributed by atoms with E-state index in [2.05, 4.69) is 24.2 Å². The summed E-state index contributed by atoms with van der Waals surface area (Å²) in [5.41, 5.74) is 6.02. The van der Waals surface area contributed by atoms with E-state index in [4.69, 9.17) is 5.73 Å². The molecule has 4 heteroatoms. The fourth-order valence-electron chi connectivity index (χ4n) is 3.27. The van der Waals surface area contributed by atoms with Crippen molar-refractivity contribution in [3.05, 3.63) is 0 Å². The monoisotopic (exact) mass is 253 g/mol. The molecular weight excluding hydrogens is 226 g/mol. The van der Waals surface area contributed by atoms with Crippen LogP contribution in [0.4, 0.5) is 0 Å². The minimum Gasteiger partial charge on any atom is -0.353 e. The van der Waals surface area contributed by atoms with Crippen molar-refractivity contribution >= 4 is 5.91 Å². The second-order valence-corrected chi connectivity index (χ2v) is 6.36. The van der Waals surface area contributed by atoms with Crippen molar-refractivity contribution in [3.63, 3.8) is 0 Å². The normalized spacial score (nSPS) is 32.4. The van der Waals surface area contributed by atoms with Gasteiger partial charge in [0.25, 0.3) is 0 Å². The maximum Gasteiger partial charge on any atom is 0.222 e. The number of piperidine rings is 1. The van der Waals surface area contributed by atoms with Gasteiger partial charge in [0.2, 0.25) is 5.91 Å². The highest BCUT2D eigenvalue weighted by molar-refractivity contribution is 5.77. The molecule has 2 rings (SSSR count). The molecule has 1 saturated heterocycles. The molecular formula is C14H27N3O. The quantitative estimate of drug-likeness (QED) is 0.796.